The standard InChI is InChI=1S/C35H36BrN3O4.K/c1-24-10-9-13-31(38-18-7-4-8-19-38)34(24)39(28-16-14-26(15-17-28)20-25-11-5-3-6-12-25)37-33(40)22-27-21-32(43-2)29(35(41)42)23-30(27)36;/h3,5-6,9-17,21,23H,4,7-8,18-20,22H2,1-2H3,(H,37,40)(H,41,42);/q;+1/p-1. The van der Waals surface area contributed by atoms with Crippen molar-refractivity contribution >= 4 is 44.9 Å². The predicted octanol–water partition coefficient (Wildman–Crippen LogP) is 3.13. The number of methoxy groups -OCH3 is 1. The maximum Gasteiger partial charge on any atom is 1.00 e. The number of nitrogens with zero attached hydrogens (tertiary/aromatic N) is 2. The molecule has 9 heteroatoms. The van der Waals surface area contributed by atoms with Gasteiger partial charge in [-0.05, 0) is 85.2 Å². The molecule has 4 aromatic rings. The van der Waals surface area contributed by atoms with Gasteiger partial charge in [-0.3, -0.25) is 15.2 Å². The third-order valence-electron chi connectivity index (χ3n) is 7.76. The molecule has 4 aromatic carbocycles. The number of benzene rings is 4. The van der Waals surface area contributed by atoms with Crippen LogP contribution in [0.3, 0.4) is 0 Å². The van der Waals surface area contributed by atoms with Crippen molar-refractivity contribution in [2.45, 2.75) is 39.0 Å². The molecule has 0 aromatic heterocycles. The van der Waals surface area contributed by atoms with Crippen LogP contribution in [0, 0.1) is 6.92 Å². The zero-order valence-corrected chi connectivity index (χ0v) is 30.1. The maximum absolute atomic E-state index is 13.7. The summed E-state index contributed by atoms with van der Waals surface area (Å²) in [6, 6.07) is 27.8. The van der Waals surface area contributed by atoms with Crippen molar-refractivity contribution in [3.8, 4) is 5.75 Å². The number of amides is 1. The Balaban J connectivity index is 0.00000442. The van der Waals surface area contributed by atoms with E-state index in [1.54, 1.807) is 6.07 Å². The molecule has 1 fully saturated rings. The second-order valence-electron chi connectivity index (χ2n) is 10.8. The first-order valence-electron chi connectivity index (χ1n) is 14.5. The van der Waals surface area contributed by atoms with Gasteiger partial charge in [-0.25, -0.2) is 0 Å². The Hall–Kier alpha value is -2.66. The molecule has 222 valence electrons. The normalized spacial score (nSPS) is 12.7. The van der Waals surface area contributed by atoms with E-state index >= 15 is 0 Å². The number of aromatic carboxylic acids is 1. The predicted molar refractivity (Wildman–Crippen MR) is 172 cm³/mol. The number of para-hydroxylation sites is 1. The van der Waals surface area contributed by atoms with E-state index in [9.17, 15) is 14.7 Å². The van der Waals surface area contributed by atoms with Crippen LogP contribution >= 0.6 is 15.9 Å². The fourth-order valence-electron chi connectivity index (χ4n) is 5.56. The van der Waals surface area contributed by atoms with E-state index in [0.717, 1.165) is 55.0 Å². The number of anilines is 3. The summed E-state index contributed by atoms with van der Waals surface area (Å²) in [4.78, 5) is 27.6. The number of carboxylic acid groups (broad SMARTS) is 1. The number of nitrogens with one attached hydrogen (secondary N) is 1. The number of carboxylic acids is 1. The molecule has 1 heterocycles. The molecule has 5 rings (SSSR count). The largest absolute Gasteiger partial charge is 1.00 e. The Morgan fingerprint density at radius 3 is 2.27 bits per heavy atom. The molecule has 0 radical (unpaired) electrons. The van der Waals surface area contributed by atoms with Crippen LogP contribution < -0.4 is 76.6 Å². The Labute approximate surface area is 310 Å². The summed E-state index contributed by atoms with van der Waals surface area (Å²) < 4.78 is 5.76. The Morgan fingerprint density at radius 2 is 1.61 bits per heavy atom. The van der Waals surface area contributed by atoms with Crippen LogP contribution in [0.2, 0.25) is 0 Å². The van der Waals surface area contributed by atoms with Crippen molar-refractivity contribution in [3.63, 3.8) is 0 Å². The average molecular weight is 681 g/mol. The van der Waals surface area contributed by atoms with Gasteiger partial charge in [0, 0.05) is 23.1 Å². The fourth-order valence-corrected chi connectivity index (χ4v) is 6.05. The third-order valence-corrected chi connectivity index (χ3v) is 8.50. The quantitative estimate of drug-likeness (QED) is 0.205. The molecule has 1 saturated heterocycles. The smallest absolute Gasteiger partial charge is 0.545 e. The van der Waals surface area contributed by atoms with E-state index in [-0.39, 0.29) is 75.0 Å². The van der Waals surface area contributed by atoms with E-state index < -0.39 is 5.97 Å². The zero-order valence-electron chi connectivity index (χ0n) is 25.4. The first kappa shape index (κ1) is 34.2. The van der Waals surface area contributed by atoms with Crippen molar-refractivity contribution < 1.29 is 70.8 Å². The molecule has 44 heavy (non-hydrogen) atoms. The monoisotopic (exact) mass is 679 g/mol. The van der Waals surface area contributed by atoms with Gasteiger partial charge in [0.25, 0.3) is 0 Å². The molecule has 7 nitrogen and oxygen atoms in total. The van der Waals surface area contributed by atoms with Gasteiger partial charge >= 0.3 is 51.4 Å². The van der Waals surface area contributed by atoms with E-state index in [2.05, 4.69) is 75.6 Å². The van der Waals surface area contributed by atoms with Gasteiger partial charge in [-0.1, -0.05) is 70.5 Å². The summed E-state index contributed by atoms with van der Waals surface area (Å²) in [5.41, 5.74) is 9.97. The van der Waals surface area contributed by atoms with Crippen molar-refractivity contribution in [2.75, 3.05) is 30.1 Å². The molecular formula is C35H35BrKN3O4. The van der Waals surface area contributed by atoms with Crippen LogP contribution in [-0.2, 0) is 17.6 Å². The number of aryl methyl sites for hydroxylation is 1. The molecular weight excluding hydrogens is 645 g/mol. The minimum atomic E-state index is -1.35. The van der Waals surface area contributed by atoms with Crippen LogP contribution in [0.15, 0.2) is 89.4 Å². The van der Waals surface area contributed by atoms with E-state index in [0.29, 0.717) is 10.0 Å². The Morgan fingerprint density at radius 1 is 0.932 bits per heavy atom. The van der Waals surface area contributed by atoms with Gasteiger partial charge in [0.05, 0.1) is 36.6 Å². The van der Waals surface area contributed by atoms with E-state index in [1.165, 1.54) is 30.7 Å². The van der Waals surface area contributed by atoms with Gasteiger partial charge in [-0.2, -0.15) is 0 Å². The second kappa shape index (κ2) is 16.1. The molecule has 0 atom stereocenters. The van der Waals surface area contributed by atoms with Crippen LogP contribution in [0.25, 0.3) is 0 Å². The van der Waals surface area contributed by atoms with Gasteiger partial charge < -0.3 is 19.5 Å². The molecule has 0 unspecified atom stereocenters. The number of halogens is 1. The van der Waals surface area contributed by atoms with Gasteiger partial charge in [-0.15, -0.1) is 0 Å². The van der Waals surface area contributed by atoms with Crippen LogP contribution in [0.5, 0.6) is 5.75 Å². The molecule has 0 bridgehead atoms. The minimum absolute atomic E-state index is 0. The number of rotatable bonds is 10. The van der Waals surface area contributed by atoms with Gasteiger partial charge in [0.1, 0.15) is 5.75 Å². The van der Waals surface area contributed by atoms with Crippen molar-refractivity contribution in [1.29, 1.82) is 0 Å². The van der Waals surface area contributed by atoms with Crippen LogP contribution in [-0.4, -0.2) is 32.1 Å². The first-order valence-corrected chi connectivity index (χ1v) is 15.3. The summed E-state index contributed by atoms with van der Waals surface area (Å²) in [5.74, 6) is -1.46. The van der Waals surface area contributed by atoms with Crippen LogP contribution in [0.1, 0.15) is 51.9 Å². The summed E-state index contributed by atoms with van der Waals surface area (Å²) in [6.07, 6.45) is 4.29. The first-order chi connectivity index (χ1) is 20.8. The molecule has 1 N–H and O–H groups in total. The number of hydrogen-bond donors (Lipinski definition) is 1. The number of hydrogen-bond acceptors (Lipinski definition) is 6. The maximum atomic E-state index is 13.7. The van der Waals surface area contributed by atoms with E-state index in [1.807, 2.05) is 35.3 Å². The number of carbonyl (C=O) groups excluding carboxylic acids is 2. The molecule has 0 aliphatic carbocycles. The molecule has 1 amide bonds. The number of ether oxygens (including phenoxy) is 1. The van der Waals surface area contributed by atoms with Crippen molar-refractivity contribution in [1.82, 2.24) is 5.43 Å². The topological polar surface area (TPSA) is 84.9 Å². The second-order valence-corrected chi connectivity index (χ2v) is 11.7. The average Bonchev–Trinajstić information content (AvgIpc) is 3.02. The van der Waals surface area contributed by atoms with Crippen molar-refractivity contribution in [2.24, 2.45) is 0 Å². The van der Waals surface area contributed by atoms with Crippen molar-refractivity contribution in [3.05, 3.63) is 117 Å². The van der Waals surface area contributed by atoms with Crippen LogP contribution in [0.4, 0.5) is 17.1 Å². The summed E-state index contributed by atoms with van der Waals surface area (Å²) >= 11 is 3.43. The summed E-state index contributed by atoms with van der Waals surface area (Å²) in [7, 11) is 1.39. The third kappa shape index (κ3) is 8.32. The molecule has 0 spiro atoms. The zero-order chi connectivity index (χ0) is 30.3. The van der Waals surface area contributed by atoms with Gasteiger partial charge in [0.2, 0.25) is 5.91 Å². The summed E-state index contributed by atoms with van der Waals surface area (Å²) in [5, 5.41) is 13.4. The minimum Gasteiger partial charge on any atom is -0.545 e. The molecule has 0 saturated carbocycles. The number of carbonyl (C=O) groups is 2. The number of piperidine rings is 1. The fraction of sp³-hybridized carbons (Fsp3) is 0.257. The SMILES string of the molecule is COc1cc(CC(=O)NN(c2ccc(Cc3ccccc3)cc2)c2c(C)cccc2N2CCCCC2)c(Br)cc1C(=O)[O-].[K+]. The van der Waals surface area contributed by atoms with E-state index in [4.69, 9.17) is 4.74 Å². The Bertz CT molecular complexity index is 1590. The van der Waals surface area contributed by atoms with Gasteiger partial charge in [0.15, 0.2) is 0 Å². The molecule has 1 aliphatic rings. The molecule has 1 aliphatic heterocycles. The Kier molecular flexibility index (Phi) is 12.5. The number of hydrazine groups is 1. The summed E-state index contributed by atoms with van der Waals surface area (Å²) in [6.45, 7) is 3.99.